The Hall–Kier alpha value is -1.69. The maximum Gasteiger partial charge on any atom is 0.270 e. The first-order chi connectivity index (χ1) is 10.0. The summed E-state index contributed by atoms with van der Waals surface area (Å²) in [7, 11) is 4.04. The Morgan fingerprint density at radius 2 is 2.00 bits per heavy atom. The molecule has 6 nitrogen and oxygen atoms in total. The number of hydrogen-bond donors (Lipinski definition) is 2. The monoisotopic (exact) mass is 293 g/mol. The molecule has 0 aliphatic heterocycles. The normalized spacial score (nSPS) is 10.7. The molecule has 1 amide bonds. The molecular formula is C15H27N5O. The standard InChI is InChI=1S/C15H27N5O/c1-5-6-8-17-15-18-12(2)11-13(19-15)14(21)16-9-7-10-20(3)4/h11H,5-10H2,1-4H3,(H,16,21)(H,17,18,19). The van der Waals surface area contributed by atoms with Gasteiger partial charge in [0.2, 0.25) is 5.95 Å². The van der Waals surface area contributed by atoms with E-state index in [0.29, 0.717) is 18.2 Å². The van der Waals surface area contributed by atoms with Gasteiger partial charge in [-0.05, 0) is 46.5 Å². The molecule has 1 aromatic heterocycles. The van der Waals surface area contributed by atoms with Crippen molar-refractivity contribution in [1.29, 1.82) is 0 Å². The molecule has 0 radical (unpaired) electrons. The minimum absolute atomic E-state index is 0.141. The summed E-state index contributed by atoms with van der Waals surface area (Å²) >= 11 is 0. The first-order valence-corrected chi connectivity index (χ1v) is 7.55. The van der Waals surface area contributed by atoms with Gasteiger partial charge in [0.1, 0.15) is 5.69 Å². The molecule has 1 heterocycles. The van der Waals surface area contributed by atoms with Crippen LogP contribution in [0, 0.1) is 6.92 Å². The summed E-state index contributed by atoms with van der Waals surface area (Å²) < 4.78 is 0. The van der Waals surface area contributed by atoms with Crippen LogP contribution in [0.25, 0.3) is 0 Å². The highest BCUT2D eigenvalue weighted by atomic mass is 16.1. The molecule has 118 valence electrons. The number of nitrogens with one attached hydrogen (secondary N) is 2. The highest BCUT2D eigenvalue weighted by Gasteiger charge is 2.09. The smallest absolute Gasteiger partial charge is 0.270 e. The van der Waals surface area contributed by atoms with Crippen molar-refractivity contribution in [3.63, 3.8) is 0 Å². The summed E-state index contributed by atoms with van der Waals surface area (Å²) in [5, 5.41) is 6.05. The lowest BCUT2D eigenvalue weighted by molar-refractivity contribution is 0.0947. The van der Waals surface area contributed by atoms with Crippen LogP contribution in [0.1, 0.15) is 42.4 Å². The van der Waals surface area contributed by atoms with E-state index in [2.05, 4.69) is 32.4 Å². The third-order valence-electron chi connectivity index (χ3n) is 2.97. The van der Waals surface area contributed by atoms with Gasteiger partial charge in [-0.1, -0.05) is 13.3 Å². The number of aryl methyl sites for hydroxylation is 1. The molecule has 0 aromatic carbocycles. The van der Waals surface area contributed by atoms with Crippen LogP contribution < -0.4 is 10.6 Å². The lowest BCUT2D eigenvalue weighted by atomic mass is 10.3. The molecule has 0 spiro atoms. The van der Waals surface area contributed by atoms with Crippen molar-refractivity contribution in [2.24, 2.45) is 0 Å². The Kier molecular flexibility index (Phi) is 7.68. The second kappa shape index (κ2) is 9.28. The second-order valence-electron chi connectivity index (χ2n) is 5.41. The van der Waals surface area contributed by atoms with E-state index in [0.717, 1.165) is 38.0 Å². The van der Waals surface area contributed by atoms with Gasteiger partial charge in [0.15, 0.2) is 0 Å². The molecule has 0 atom stereocenters. The Morgan fingerprint density at radius 3 is 2.67 bits per heavy atom. The molecule has 0 saturated carbocycles. The van der Waals surface area contributed by atoms with E-state index in [9.17, 15) is 4.79 Å². The molecular weight excluding hydrogens is 266 g/mol. The Balaban J connectivity index is 2.54. The van der Waals surface area contributed by atoms with Crippen molar-refractivity contribution >= 4 is 11.9 Å². The lowest BCUT2D eigenvalue weighted by Crippen LogP contribution is -2.28. The molecule has 0 fully saturated rings. The SMILES string of the molecule is CCCCNc1nc(C)cc(C(=O)NCCCN(C)C)n1. The summed E-state index contributed by atoms with van der Waals surface area (Å²) in [5.74, 6) is 0.389. The summed E-state index contributed by atoms with van der Waals surface area (Å²) in [4.78, 5) is 22.7. The number of carbonyl (C=O) groups excluding carboxylic acids is 1. The highest BCUT2D eigenvalue weighted by molar-refractivity contribution is 5.92. The number of carbonyl (C=O) groups is 1. The zero-order chi connectivity index (χ0) is 15.7. The van der Waals surface area contributed by atoms with Gasteiger partial charge in [-0.25, -0.2) is 9.97 Å². The predicted octanol–water partition coefficient (Wildman–Crippen LogP) is 1.68. The van der Waals surface area contributed by atoms with Gasteiger partial charge in [-0.15, -0.1) is 0 Å². The molecule has 0 aliphatic rings. The van der Waals surface area contributed by atoms with Gasteiger partial charge in [0, 0.05) is 18.8 Å². The van der Waals surface area contributed by atoms with Crippen LogP contribution >= 0.6 is 0 Å². The fourth-order valence-corrected chi connectivity index (χ4v) is 1.83. The molecule has 2 N–H and O–H groups in total. The molecule has 0 aliphatic carbocycles. The molecule has 0 bridgehead atoms. The van der Waals surface area contributed by atoms with E-state index >= 15 is 0 Å². The Morgan fingerprint density at radius 1 is 1.24 bits per heavy atom. The summed E-state index contributed by atoms with van der Waals surface area (Å²) in [5.41, 5.74) is 1.22. The molecule has 0 saturated heterocycles. The fourth-order valence-electron chi connectivity index (χ4n) is 1.83. The van der Waals surface area contributed by atoms with E-state index in [1.54, 1.807) is 6.07 Å². The summed E-state index contributed by atoms with van der Waals surface area (Å²) in [6.07, 6.45) is 3.09. The van der Waals surface area contributed by atoms with Gasteiger partial charge in [0.25, 0.3) is 5.91 Å². The van der Waals surface area contributed by atoms with Crippen molar-refractivity contribution in [2.75, 3.05) is 39.0 Å². The van der Waals surface area contributed by atoms with Crippen LogP contribution in [-0.2, 0) is 0 Å². The Bertz CT molecular complexity index is 448. The van der Waals surface area contributed by atoms with Crippen LogP contribution in [0.2, 0.25) is 0 Å². The number of hydrogen-bond acceptors (Lipinski definition) is 5. The van der Waals surface area contributed by atoms with Gasteiger partial charge >= 0.3 is 0 Å². The minimum Gasteiger partial charge on any atom is -0.354 e. The topological polar surface area (TPSA) is 70.2 Å². The van der Waals surface area contributed by atoms with Crippen LogP contribution in [0.4, 0.5) is 5.95 Å². The van der Waals surface area contributed by atoms with Crippen molar-refractivity contribution < 1.29 is 4.79 Å². The van der Waals surface area contributed by atoms with Crippen molar-refractivity contribution in [3.8, 4) is 0 Å². The lowest BCUT2D eigenvalue weighted by Gasteiger charge is -2.10. The number of rotatable bonds is 9. The summed E-state index contributed by atoms with van der Waals surface area (Å²) in [6, 6.07) is 1.71. The third kappa shape index (κ3) is 7.04. The van der Waals surface area contributed by atoms with Gasteiger partial charge < -0.3 is 15.5 Å². The molecule has 6 heteroatoms. The van der Waals surface area contributed by atoms with Gasteiger partial charge in [-0.2, -0.15) is 0 Å². The highest BCUT2D eigenvalue weighted by Crippen LogP contribution is 2.05. The maximum atomic E-state index is 12.1. The van der Waals surface area contributed by atoms with E-state index in [1.807, 2.05) is 21.0 Å². The first kappa shape index (κ1) is 17.4. The maximum absolute atomic E-state index is 12.1. The van der Waals surface area contributed by atoms with E-state index in [-0.39, 0.29) is 5.91 Å². The number of anilines is 1. The van der Waals surface area contributed by atoms with E-state index < -0.39 is 0 Å². The quantitative estimate of drug-likeness (QED) is 0.678. The Labute approximate surface area is 127 Å². The van der Waals surface area contributed by atoms with Crippen LogP contribution in [0.3, 0.4) is 0 Å². The van der Waals surface area contributed by atoms with E-state index in [4.69, 9.17) is 0 Å². The van der Waals surface area contributed by atoms with Crippen molar-refractivity contribution in [2.45, 2.75) is 33.1 Å². The van der Waals surface area contributed by atoms with Crippen LogP contribution in [-0.4, -0.2) is 54.5 Å². The van der Waals surface area contributed by atoms with Crippen molar-refractivity contribution in [1.82, 2.24) is 20.2 Å². The zero-order valence-electron chi connectivity index (χ0n) is 13.6. The van der Waals surface area contributed by atoms with Crippen molar-refractivity contribution in [3.05, 3.63) is 17.5 Å². The van der Waals surface area contributed by atoms with Gasteiger partial charge in [-0.3, -0.25) is 4.79 Å². The third-order valence-corrected chi connectivity index (χ3v) is 2.97. The largest absolute Gasteiger partial charge is 0.354 e. The first-order valence-electron chi connectivity index (χ1n) is 7.55. The predicted molar refractivity (Wildman–Crippen MR) is 85.7 cm³/mol. The van der Waals surface area contributed by atoms with Crippen LogP contribution in [0.5, 0.6) is 0 Å². The van der Waals surface area contributed by atoms with Gasteiger partial charge in [0.05, 0.1) is 0 Å². The minimum atomic E-state index is -0.141. The number of aromatic nitrogens is 2. The average Bonchev–Trinajstić information content (AvgIpc) is 2.43. The number of nitrogens with zero attached hydrogens (tertiary/aromatic N) is 3. The number of amides is 1. The summed E-state index contributed by atoms with van der Waals surface area (Å²) in [6.45, 7) is 6.43. The second-order valence-corrected chi connectivity index (χ2v) is 5.41. The average molecular weight is 293 g/mol. The zero-order valence-corrected chi connectivity index (χ0v) is 13.6. The molecule has 21 heavy (non-hydrogen) atoms. The van der Waals surface area contributed by atoms with E-state index in [1.165, 1.54) is 0 Å². The molecule has 0 unspecified atom stereocenters. The fraction of sp³-hybridized carbons (Fsp3) is 0.667. The van der Waals surface area contributed by atoms with Crippen LogP contribution in [0.15, 0.2) is 6.07 Å². The number of unbranched alkanes of at least 4 members (excludes halogenated alkanes) is 1. The molecule has 1 rings (SSSR count). The molecule has 1 aromatic rings.